The zero-order valence-corrected chi connectivity index (χ0v) is 6.77. The molecule has 64 valence electrons. The van der Waals surface area contributed by atoms with Gasteiger partial charge in [0.1, 0.15) is 0 Å². The van der Waals surface area contributed by atoms with Gasteiger partial charge in [-0.15, -0.1) is 0 Å². The number of carboxylic acid groups (broad SMARTS) is 1. The minimum absolute atomic E-state index is 0.586. The molecule has 1 rings (SSSR count). The Bertz CT molecular complexity index is 261. The van der Waals surface area contributed by atoms with Crippen molar-refractivity contribution in [2.75, 3.05) is 5.43 Å². The van der Waals surface area contributed by atoms with Gasteiger partial charge in [0.25, 0.3) is 0 Å². The average Bonchev–Trinajstić information content (AvgIpc) is 2.06. The molecular formula is C8H11N2O2+. The highest BCUT2D eigenvalue weighted by molar-refractivity contribution is 5.73. The molecule has 1 aromatic rings. The molecule has 12 heavy (non-hydrogen) atoms. The van der Waals surface area contributed by atoms with Crippen molar-refractivity contribution in [1.82, 2.24) is 0 Å². The van der Waals surface area contributed by atoms with E-state index >= 15 is 0 Å². The Labute approximate surface area is 70.4 Å². The lowest BCUT2D eigenvalue weighted by molar-refractivity contribution is -0.652. The van der Waals surface area contributed by atoms with Gasteiger partial charge in [0.15, 0.2) is 18.4 Å². The predicted octanol–water partition coefficient (Wildman–Crippen LogP) is -0.00930. The van der Waals surface area contributed by atoms with Gasteiger partial charge in [-0.1, -0.05) is 10.7 Å². The zero-order valence-electron chi connectivity index (χ0n) is 6.77. The Balaban J connectivity index is 2.58. The van der Waals surface area contributed by atoms with E-state index in [-0.39, 0.29) is 0 Å². The summed E-state index contributed by atoms with van der Waals surface area (Å²) in [6.45, 7) is 1.59. The fourth-order valence-corrected chi connectivity index (χ4v) is 0.764. The predicted molar refractivity (Wildman–Crippen MR) is 43.1 cm³/mol. The topological polar surface area (TPSA) is 53.2 Å². The molecule has 2 N–H and O–H groups in total. The highest BCUT2D eigenvalue weighted by Gasteiger charge is 2.13. The Morgan fingerprint density at radius 2 is 2.00 bits per heavy atom. The molecule has 0 saturated heterocycles. The van der Waals surface area contributed by atoms with Crippen LogP contribution in [0.25, 0.3) is 0 Å². The van der Waals surface area contributed by atoms with Gasteiger partial charge in [-0.25, -0.2) is 4.79 Å². The first-order valence-electron chi connectivity index (χ1n) is 3.66. The standard InChI is InChI=1S/C8H10N2O2/c1-7(8(11)12)9-10-5-3-2-4-6-10/h2-7,9H,1H3/p+1/t7-/m0/s1. The number of carbonyl (C=O) groups is 1. The summed E-state index contributed by atoms with van der Waals surface area (Å²) in [5, 5.41) is 8.57. The first-order chi connectivity index (χ1) is 5.70. The molecule has 0 fully saturated rings. The number of rotatable bonds is 3. The van der Waals surface area contributed by atoms with E-state index in [4.69, 9.17) is 5.11 Å². The molecule has 0 aliphatic rings. The number of hydrogen-bond donors (Lipinski definition) is 2. The Hall–Kier alpha value is -1.58. The summed E-state index contributed by atoms with van der Waals surface area (Å²) in [6, 6.07) is 4.92. The van der Waals surface area contributed by atoms with Gasteiger partial charge in [0.2, 0.25) is 0 Å². The van der Waals surface area contributed by atoms with Crippen molar-refractivity contribution in [2.45, 2.75) is 13.0 Å². The van der Waals surface area contributed by atoms with E-state index in [0.717, 1.165) is 0 Å². The van der Waals surface area contributed by atoms with Crippen molar-refractivity contribution in [3.05, 3.63) is 30.6 Å². The zero-order chi connectivity index (χ0) is 8.97. The van der Waals surface area contributed by atoms with Crippen molar-refractivity contribution in [3.63, 3.8) is 0 Å². The lowest BCUT2D eigenvalue weighted by atomic mass is 10.4. The van der Waals surface area contributed by atoms with Crippen molar-refractivity contribution in [2.24, 2.45) is 0 Å². The molecule has 0 aliphatic carbocycles. The summed E-state index contributed by atoms with van der Waals surface area (Å²) in [6.07, 6.45) is 3.50. The van der Waals surface area contributed by atoms with Crippen LogP contribution in [0.4, 0.5) is 0 Å². The van der Waals surface area contributed by atoms with Crippen molar-refractivity contribution >= 4 is 5.97 Å². The number of nitrogens with zero attached hydrogens (tertiary/aromatic N) is 1. The summed E-state index contributed by atoms with van der Waals surface area (Å²) in [5.74, 6) is -0.869. The maximum absolute atomic E-state index is 10.4. The minimum Gasteiger partial charge on any atom is -0.480 e. The number of carboxylic acids is 1. The fourth-order valence-electron chi connectivity index (χ4n) is 0.764. The van der Waals surface area contributed by atoms with Crippen LogP contribution in [0.5, 0.6) is 0 Å². The van der Waals surface area contributed by atoms with E-state index in [1.807, 2.05) is 18.2 Å². The van der Waals surface area contributed by atoms with Crippen LogP contribution in [0.2, 0.25) is 0 Å². The molecule has 4 nitrogen and oxygen atoms in total. The van der Waals surface area contributed by atoms with Crippen LogP contribution in [0, 0.1) is 0 Å². The Morgan fingerprint density at radius 1 is 1.42 bits per heavy atom. The molecule has 0 spiro atoms. The van der Waals surface area contributed by atoms with E-state index in [0.29, 0.717) is 0 Å². The largest absolute Gasteiger partial charge is 0.480 e. The molecule has 0 unspecified atom stereocenters. The summed E-state index contributed by atoms with van der Waals surface area (Å²) >= 11 is 0. The first kappa shape index (κ1) is 8.52. The van der Waals surface area contributed by atoms with E-state index in [9.17, 15) is 4.79 Å². The van der Waals surface area contributed by atoms with Gasteiger partial charge in [0.05, 0.1) is 0 Å². The number of aliphatic carboxylic acids is 1. The van der Waals surface area contributed by atoms with Crippen LogP contribution in [0.3, 0.4) is 0 Å². The number of nitrogens with one attached hydrogen (secondary N) is 1. The summed E-state index contributed by atoms with van der Waals surface area (Å²) < 4.78 is 1.61. The highest BCUT2D eigenvalue weighted by atomic mass is 16.4. The third-order valence-electron chi connectivity index (χ3n) is 1.43. The smallest absolute Gasteiger partial charge is 0.331 e. The van der Waals surface area contributed by atoms with E-state index in [1.54, 1.807) is 24.0 Å². The molecule has 0 saturated carbocycles. The van der Waals surface area contributed by atoms with E-state index < -0.39 is 12.0 Å². The molecule has 0 amide bonds. The molecular weight excluding hydrogens is 156 g/mol. The summed E-state index contributed by atoms with van der Waals surface area (Å²) in [5.41, 5.74) is 2.76. The van der Waals surface area contributed by atoms with Crippen LogP contribution in [0.15, 0.2) is 30.6 Å². The lowest BCUT2D eigenvalue weighted by Crippen LogP contribution is -2.51. The third-order valence-corrected chi connectivity index (χ3v) is 1.43. The number of pyridine rings is 1. The van der Waals surface area contributed by atoms with Gasteiger partial charge >= 0.3 is 5.97 Å². The molecule has 4 heteroatoms. The maximum Gasteiger partial charge on any atom is 0.331 e. The second-order valence-electron chi connectivity index (χ2n) is 2.47. The van der Waals surface area contributed by atoms with Gasteiger partial charge in [-0.2, -0.15) is 5.43 Å². The normalized spacial score (nSPS) is 12.1. The van der Waals surface area contributed by atoms with Gasteiger partial charge in [-0.3, -0.25) is 0 Å². The Kier molecular flexibility index (Phi) is 2.63. The second-order valence-corrected chi connectivity index (χ2v) is 2.47. The summed E-state index contributed by atoms with van der Waals surface area (Å²) in [4.78, 5) is 10.4. The molecule has 1 aromatic heterocycles. The SMILES string of the molecule is C[C@H](N[n+]1ccccc1)C(=O)O. The molecule has 0 aromatic carbocycles. The van der Waals surface area contributed by atoms with Gasteiger partial charge in [-0.05, 0) is 6.92 Å². The fraction of sp³-hybridized carbons (Fsp3) is 0.250. The number of hydrogen-bond acceptors (Lipinski definition) is 2. The summed E-state index contributed by atoms with van der Waals surface area (Å²) in [7, 11) is 0. The molecule has 0 aliphatic heterocycles. The second kappa shape index (κ2) is 3.71. The molecule has 1 atom stereocenters. The van der Waals surface area contributed by atoms with Crippen molar-refractivity contribution in [3.8, 4) is 0 Å². The quantitative estimate of drug-likeness (QED) is 0.622. The van der Waals surface area contributed by atoms with Crippen LogP contribution in [0.1, 0.15) is 6.92 Å². The maximum atomic E-state index is 10.4. The minimum atomic E-state index is -0.869. The van der Waals surface area contributed by atoms with Gasteiger partial charge in [0, 0.05) is 12.1 Å². The third kappa shape index (κ3) is 2.23. The van der Waals surface area contributed by atoms with E-state index in [2.05, 4.69) is 5.43 Å². The van der Waals surface area contributed by atoms with E-state index in [1.165, 1.54) is 0 Å². The van der Waals surface area contributed by atoms with Crippen LogP contribution < -0.4 is 10.1 Å². The Morgan fingerprint density at radius 3 is 2.50 bits per heavy atom. The van der Waals surface area contributed by atoms with Crippen LogP contribution in [-0.2, 0) is 4.79 Å². The average molecular weight is 167 g/mol. The lowest BCUT2D eigenvalue weighted by Gasteiger charge is -2.03. The van der Waals surface area contributed by atoms with Gasteiger partial charge < -0.3 is 5.11 Å². The molecule has 1 heterocycles. The van der Waals surface area contributed by atoms with Crippen molar-refractivity contribution < 1.29 is 14.6 Å². The van der Waals surface area contributed by atoms with Crippen LogP contribution >= 0.6 is 0 Å². The monoisotopic (exact) mass is 167 g/mol. The highest BCUT2D eigenvalue weighted by Crippen LogP contribution is 1.80. The molecule has 0 bridgehead atoms. The first-order valence-corrected chi connectivity index (χ1v) is 3.66. The number of aromatic nitrogens is 1. The van der Waals surface area contributed by atoms with Crippen LogP contribution in [-0.4, -0.2) is 17.1 Å². The van der Waals surface area contributed by atoms with Crippen molar-refractivity contribution in [1.29, 1.82) is 0 Å². The molecule has 0 radical (unpaired) electrons.